The Morgan fingerprint density at radius 2 is 1.91 bits per heavy atom. The minimum absolute atomic E-state index is 0.875. The van der Waals surface area contributed by atoms with Gasteiger partial charge in [-0.3, -0.25) is 0 Å². The van der Waals surface area contributed by atoms with Crippen LogP contribution in [0.2, 0.25) is 0 Å². The van der Waals surface area contributed by atoms with Gasteiger partial charge in [0.15, 0.2) is 0 Å². The van der Waals surface area contributed by atoms with Crippen molar-refractivity contribution >= 4 is 5.57 Å². The maximum Gasteiger partial charge on any atom is 0.124 e. The zero-order valence-corrected chi connectivity index (χ0v) is 14.5. The van der Waals surface area contributed by atoms with E-state index in [-0.39, 0.29) is 0 Å². The largest absolute Gasteiger partial charge is 0.496 e. The van der Waals surface area contributed by atoms with Gasteiger partial charge in [-0.05, 0) is 62.4 Å². The summed E-state index contributed by atoms with van der Waals surface area (Å²) in [6, 6.07) is 4.36. The molecule has 0 atom stereocenters. The van der Waals surface area contributed by atoms with E-state index >= 15 is 0 Å². The molecule has 0 saturated carbocycles. The van der Waals surface area contributed by atoms with Gasteiger partial charge >= 0.3 is 0 Å². The zero-order valence-electron chi connectivity index (χ0n) is 14.5. The molecule has 1 aliphatic rings. The summed E-state index contributed by atoms with van der Waals surface area (Å²) in [5, 5.41) is 0. The lowest BCUT2D eigenvalue weighted by atomic mass is 9.95. The number of ether oxygens (including phenoxy) is 1. The molecular weight excluding hydrogens is 272 g/mol. The molecule has 0 saturated heterocycles. The first-order chi connectivity index (χ1) is 10.3. The molecule has 0 N–H and O–H groups in total. The van der Waals surface area contributed by atoms with Crippen molar-refractivity contribution in [2.24, 2.45) is 0 Å². The van der Waals surface area contributed by atoms with Gasteiger partial charge in [0.25, 0.3) is 0 Å². The van der Waals surface area contributed by atoms with Crippen molar-refractivity contribution in [3.05, 3.63) is 58.9 Å². The Kier molecular flexibility index (Phi) is 4.77. The van der Waals surface area contributed by atoms with E-state index in [4.69, 9.17) is 4.74 Å². The lowest BCUT2D eigenvalue weighted by Gasteiger charge is -2.25. The summed E-state index contributed by atoms with van der Waals surface area (Å²) in [4.78, 5) is 4.23. The van der Waals surface area contributed by atoms with Crippen LogP contribution in [-0.4, -0.2) is 38.1 Å². The Bertz CT molecular complexity index is 654. The molecule has 0 aliphatic carbocycles. The quantitative estimate of drug-likeness (QED) is 0.840. The van der Waals surface area contributed by atoms with Gasteiger partial charge in [-0.1, -0.05) is 12.6 Å². The predicted molar refractivity (Wildman–Crippen MR) is 93.8 cm³/mol. The summed E-state index contributed by atoms with van der Waals surface area (Å²) >= 11 is 0. The van der Waals surface area contributed by atoms with Crippen LogP contribution in [0.4, 0.5) is 0 Å². The third kappa shape index (κ3) is 3.25. The number of hydrogen-bond donors (Lipinski definition) is 0. The van der Waals surface area contributed by atoms with Crippen LogP contribution in [0.15, 0.2) is 42.3 Å². The molecule has 3 nitrogen and oxygen atoms in total. The third-order valence-electron chi connectivity index (χ3n) is 4.05. The van der Waals surface area contributed by atoms with Crippen LogP contribution in [0.3, 0.4) is 0 Å². The molecule has 0 unspecified atom stereocenters. The second kappa shape index (κ2) is 6.41. The minimum atomic E-state index is 0.875. The van der Waals surface area contributed by atoms with E-state index in [0.717, 1.165) is 18.0 Å². The first-order valence-electron chi connectivity index (χ1n) is 7.48. The molecule has 0 aromatic heterocycles. The van der Waals surface area contributed by atoms with E-state index in [1.807, 2.05) is 7.05 Å². The number of nitrogens with zero attached hydrogens (tertiary/aromatic N) is 2. The van der Waals surface area contributed by atoms with Crippen LogP contribution in [0.25, 0.3) is 5.57 Å². The maximum atomic E-state index is 5.63. The average molecular weight is 298 g/mol. The normalized spacial score (nSPS) is 15.0. The molecule has 0 amide bonds. The SMILES string of the molecule is C=C1C(C)=CC(c2cc(C)c(CN(C)C)c(OC)c2)=CN1C. The summed E-state index contributed by atoms with van der Waals surface area (Å²) in [5.74, 6) is 0.947. The van der Waals surface area contributed by atoms with Gasteiger partial charge in [0.05, 0.1) is 7.11 Å². The summed E-state index contributed by atoms with van der Waals surface area (Å²) in [6.45, 7) is 9.20. The van der Waals surface area contributed by atoms with Gasteiger partial charge in [-0.15, -0.1) is 0 Å². The van der Waals surface area contributed by atoms with E-state index in [1.54, 1.807) is 7.11 Å². The molecule has 0 bridgehead atoms. The van der Waals surface area contributed by atoms with Gasteiger partial charge in [0, 0.05) is 31.1 Å². The van der Waals surface area contributed by atoms with Crippen molar-refractivity contribution < 1.29 is 4.74 Å². The molecule has 1 aromatic carbocycles. The van der Waals surface area contributed by atoms with E-state index in [2.05, 4.69) is 68.7 Å². The Hall–Kier alpha value is -2.00. The Morgan fingerprint density at radius 1 is 1.23 bits per heavy atom. The molecule has 118 valence electrons. The lowest BCUT2D eigenvalue weighted by molar-refractivity contribution is 0.370. The molecular formula is C19H26N2O. The third-order valence-corrected chi connectivity index (χ3v) is 4.05. The van der Waals surface area contributed by atoms with Crippen molar-refractivity contribution in [2.75, 3.05) is 28.3 Å². The Labute approximate surface area is 134 Å². The van der Waals surface area contributed by atoms with Crippen molar-refractivity contribution in [1.82, 2.24) is 9.80 Å². The summed E-state index contributed by atoms with van der Waals surface area (Å²) < 4.78 is 5.63. The number of allylic oxidation sites excluding steroid dienone is 3. The summed E-state index contributed by atoms with van der Waals surface area (Å²) in [7, 11) is 7.91. The fourth-order valence-corrected chi connectivity index (χ4v) is 2.73. The van der Waals surface area contributed by atoms with Crippen molar-refractivity contribution in [2.45, 2.75) is 20.4 Å². The second-order valence-electron chi connectivity index (χ2n) is 6.18. The minimum Gasteiger partial charge on any atom is -0.496 e. The van der Waals surface area contributed by atoms with Gasteiger partial charge < -0.3 is 14.5 Å². The van der Waals surface area contributed by atoms with Crippen LogP contribution in [0.5, 0.6) is 5.75 Å². The standard InChI is InChI=1S/C19H26N2O/c1-13-8-17(11-21(6)15(13)3)16-9-14(2)18(12-20(4)5)19(10-16)22-7/h8-11H,3,12H2,1-2,4-7H3. The van der Waals surface area contributed by atoms with Crippen LogP contribution in [0.1, 0.15) is 23.6 Å². The van der Waals surface area contributed by atoms with Gasteiger partial charge in [0.1, 0.15) is 5.75 Å². The van der Waals surface area contributed by atoms with E-state index in [9.17, 15) is 0 Å². The summed E-state index contributed by atoms with van der Waals surface area (Å²) in [5.41, 5.74) is 7.08. The highest BCUT2D eigenvalue weighted by Gasteiger charge is 2.15. The molecule has 0 radical (unpaired) electrons. The molecule has 2 rings (SSSR count). The molecule has 0 spiro atoms. The summed E-state index contributed by atoms with van der Waals surface area (Å²) in [6.07, 6.45) is 4.30. The lowest BCUT2D eigenvalue weighted by Crippen LogP contribution is -2.15. The first-order valence-corrected chi connectivity index (χ1v) is 7.48. The molecule has 3 heteroatoms. The van der Waals surface area contributed by atoms with Crippen molar-refractivity contribution in [1.29, 1.82) is 0 Å². The molecule has 1 heterocycles. The number of aryl methyl sites for hydroxylation is 1. The number of rotatable bonds is 4. The van der Waals surface area contributed by atoms with Crippen LogP contribution in [-0.2, 0) is 6.54 Å². The highest BCUT2D eigenvalue weighted by Crippen LogP contribution is 2.32. The Morgan fingerprint density at radius 3 is 2.45 bits per heavy atom. The highest BCUT2D eigenvalue weighted by atomic mass is 16.5. The first kappa shape index (κ1) is 16.4. The van der Waals surface area contributed by atoms with Crippen LogP contribution in [0, 0.1) is 6.92 Å². The molecule has 1 aromatic rings. The highest BCUT2D eigenvalue weighted by molar-refractivity contribution is 5.78. The van der Waals surface area contributed by atoms with Crippen molar-refractivity contribution in [3.8, 4) is 5.75 Å². The van der Waals surface area contributed by atoms with Crippen molar-refractivity contribution in [3.63, 3.8) is 0 Å². The fraction of sp³-hybridized carbons (Fsp3) is 0.368. The van der Waals surface area contributed by atoms with Gasteiger partial charge in [-0.25, -0.2) is 0 Å². The molecule has 0 fully saturated rings. The number of benzene rings is 1. The number of likely N-dealkylation sites (N-methyl/N-ethyl adjacent to an activating group) is 1. The van der Waals surface area contributed by atoms with Gasteiger partial charge in [-0.2, -0.15) is 0 Å². The smallest absolute Gasteiger partial charge is 0.124 e. The zero-order chi connectivity index (χ0) is 16.4. The van der Waals surface area contributed by atoms with E-state index < -0.39 is 0 Å². The second-order valence-corrected chi connectivity index (χ2v) is 6.18. The predicted octanol–water partition coefficient (Wildman–Crippen LogP) is 3.81. The molecule has 1 aliphatic heterocycles. The molecule has 22 heavy (non-hydrogen) atoms. The van der Waals surface area contributed by atoms with Gasteiger partial charge in [0.2, 0.25) is 0 Å². The average Bonchev–Trinajstić information content (AvgIpc) is 2.45. The topological polar surface area (TPSA) is 15.7 Å². The Balaban J connectivity index is 2.48. The number of hydrogen-bond acceptors (Lipinski definition) is 3. The van der Waals surface area contributed by atoms with E-state index in [0.29, 0.717) is 0 Å². The number of methoxy groups -OCH3 is 1. The maximum absolute atomic E-state index is 5.63. The van der Waals surface area contributed by atoms with Crippen LogP contribution >= 0.6 is 0 Å². The van der Waals surface area contributed by atoms with Crippen LogP contribution < -0.4 is 4.74 Å². The van der Waals surface area contributed by atoms with E-state index in [1.165, 1.54) is 27.8 Å². The monoisotopic (exact) mass is 298 g/mol. The fourth-order valence-electron chi connectivity index (χ4n) is 2.73.